The minimum atomic E-state index is -1.62. The number of fused-ring (bicyclic) bond motifs is 5. The van der Waals surface area contributed by atoms with Crippen LogP contribution < -0.4 is 0 Å². The molecule has 0 aromatic rings. The van der Waals surface area contributed by atoms with E-state index in [-0.39, 0.29) is 36.1 Å². The van der Waals surface area contributed by atoms with E-state index < -0.39 is 60.1 Å². The number of aliphatic hydroxyl groups is 4. The molecule has 11 nitrogen and oxygen atoms in total. The number of amides is 1. The standard InChI is InChI=1S/C28H40N2O9/c1-26-7-5-16(29-39-14-23(35)30-12-17(32)10-20(30)25(36)37)9-15(26)3-4-18-19-6-8-28(38,22(34)13-31)27(19,2)11-21(33)24(18)26/h9,17-21,24,31-33,38H,3-8,10-14H2,1-2H3,(H,36,37)/b29-16+/t17-,18-,19+,20-,21+,24+,26-,27-,28-/m0/s1. The molecule has 5 aliphatic rings. The highest BCUT2D eigenvalue weighted by Crippen LogP contribution is 2.67. The second-order valence-electron chi connectivity index (χ2n) is 12.7. The van der Waals surface area contributed by atoms with Gasteiger partial charge in [0.1, 0.15) is 18.2 Å². The lowest BCUT2D eigenvalue weighted by Crippen LogP contribution is -2.62. The number of allylic oxidation sites excluding steroid dienone is 2. The first-order valence-corrected chi connectivity index (χ1v) is 14.0. The van der Waals surface area contributed by atoms with Gasteiger partial charge in [0.15, 0.2) is 12.4 Å². The minimum Gasteiger partial charge on any atom is -0.480 e. The number of hydrogen-bond donors (Lipinski definition) is 5. The number of carbonyl (C=O) groups excluding carboxylic acids is 2. The fourth-order valence-electron chi connectivity index (χ4n) is 8.94. The number of aliphatic carboxylic acids is 1. The first-order valence-electron chi connectivity index (χ1n) is 14.0. The smallest absolute Gasteiger partial charge is 0.326 e. The highest BCUT2D eigenvalue weighted by molar-refractivity contribution is 5.96. The van der Waals surface area contributed by atoms with E-state index in [1.807, 2.05) is 13.0 Å². The number of oxime groups is 1. The van der Waals surface area contributed by atoms with Gasteiger partial charge in [0.2, 0.25) is 0 Å². The van der Waals surface area contributed by atoms with Gasteiger partial charge in [0.25, 0.3) is 5.91 Å². The third-order valence-electron chi connectivity index (χ3n) is 10.9. The maximum absolute atomic E-state index is 12.6. The van der Waals surface area contributed by atoms with Gasteiger partial charge in [-0.1, -0.05) is 24.6 Å². The van der Waals surface area contributed by atoms with Crippen molar-refractivity contribution >= 4 is 23.4 Å². The van der Waals surface area contributed by atoms with Crippen molar-refractivity contribution in [1.29, 1.82) is 0 Å². The number of rotatable bonds is 6. The normalized spacial score (nSPS) is 44.3. The van der Waals surface area contributed by atoms with Crippen LogP contribution in [-0.4, -0.2) is 97.4 Å². The number of likely N-dealkylation sites (tertiary alicyclic amines) is 1. The van der Waals surface area contributed by atoms with Gasteiger partial charge in [0, 0.05) is 18.4 Å². The maximum atomic E-state index is 12.6. The molecule has 4 aliphatic carbocycles. The molecule has 1 heterocycles. The van der Waals surface area contributed by atoms with Crippen LogP contribution in [0, 0.1) is 28.6 Å². The van der Waals surface area contributed by atoms with E-state index >= 15 is 0 Å². The van der Waals surface area contributed by atoms with E-state index in [1.165, 1.54) is 5.57 Å². The quantitative estimate of drug-likeness (QED) is 0.298. The summed E-state index contributed by atoms with van der Waals surface area (Å²) in [4.78, 5) is 42.9. The van der Waals surface area contributed by atoms with Crippen molar-refractivity contribution in [3.8, 4) is 0 Å². The van der Waals surface area contributed by atoms with Gasteiger partial charge in [-0.25, -0.2) is 4.79 Å². The lowest BCUT2D eigenvalue weighted by atomic mass is 9.45. The number of ketones is 1. The number of Topliss-reactive ketones (excluding diaryl/α,β-unsaturated/α-hetero) is 1. The molecule has 1 amide bonds. The average molecular weight is 549 g/mol. The van der Waals surface area contributed by atoms with Gasteiger partial charge in [-0.3, -0.25) is 9.59 Å². The van der Waals surface area contributed by atoms with Crippen molar-refractivity contribution in [2.24, 2.45) is 33.7 Å². The second kappa shape index (κ2) is 9.94. The van der Waals surface area contributed by atoms with Crippen LogP contribution in [-0.2, 0) is 19.2 Å². The first-order chi connectivity index (χ1) is 18.4. The lowest BCUT2D eigenvalue weighted by molar-refractivity contribution is -0.181. The highest BCUT2D eigenvalue weighted by atomic mass is 16.6. The first kappa shape index (κ1) is 28.2. The number of carboxylic acid groups (broad SMARTS) is 1. The molecular formula is C28H40N2O9. The Kier molecular flexibility index (Phi) is 7.18. The molecule has 39 heavy (non-hydrogen) atoms. The topological polar surface area (TPSA) is 177 Å². The summed E-state index contributed by atoms with van der Waals surface area (Å²) < 4.78 is 0. The fraction of sp³-hybridized carbons (Fsp3) is 0.786. The third-order valence-corrected chi connectivity index (χ3v) is 10.9. The molecule has 9 atom stereocenters. The zero-order chi connectivity index (χ0) is 28.3. The Morgan fingerprint density at radius 1 is 1.15 bits per heavy atom. The Labute approximate surface area is 227 Å². The van der Waals surface area contributed by atoms with E-state index in [0.29, 0.717) is 31.4 Å². The summed E-state index contributed by atoms with van der Waals surface area (Å²) >= 11 is 0. The Bertz CT molecular complexity index is 1110. The van der Waals surface area contributed by atoms with Crippen LogP contribution in [0.2, 0.25) is 0 Å². The van der Waals surface area contributed by atoms with Crippen molar-refractivity contribution in [3.63, 3.8) is 0 Å². The Balaban J connectivity index is 1.29. The summed E-state index contributed by atoms with van der Waals surface area (Å²) in [6.45, 7) is 2.91. The van der Waals surface area contributed by atoms with Crippen molar-refractivity contribution in [3.05, 3.63) is 11.6 Å². The summed E-state index contributed by atoms with van der Waals surface area (Å²) in [6.07, 6.45) is 4.61. The van der Waals surface area contributed by atoms with Gasteiger partial charge in [-0.2, -0.15) is 0 Å². The number of nitrogens with zero attached hydrogens (tertiary/aromatic N) is 2. The van der Waals surface area contributed by atoms with Crippen LogP contribution in [0.4, 0.5) is 0 Å². The molecule has 11 heteroatoms. The van der Waals surface area contributed by atoms with Crippen molar-refractivity contribution in [2.75, 3.05) is 19.8 Å². The number of carbonyl (C=O) groups is 3. The van der Waals surface area contributed by atoms with Crippen LogP contribution in [0.5, 0.6) is 0 Å². The van der Waals surface area contributed by atoms with Crippen molar-refractivity contribution in [2.45, 2.75) is 89.1 Å². The molecular weight excluding hydrogens is 508 g/mol. The molecule has 4 fully saturated rings. The van der Waals surface area contributed by atoms with E-state index in [1.54, 1.807) is 0 Å². The summed E-state index contributed by atoms with van der Waals surface area (Å²) in [7, 11) is 0. The van der Waals surface area contributed by atoms with Crippen molar-refractivity contribution in [1.82, 2.24) is 4.90 Å². The molecule has 1 saturated heterocycles. The van der Waals surface area contributed by atoms with E-state index in [2.05, 4.69) is 12.1 Å². The molecule has 0 unspecified atom stereocenters. The minimum absolute atomic E-state index is 0.00861. The molecule has 0 spiro atoms. The van der Waals surface area contributed by atoms with Gasteiger partial charge < -0.3 is 35.3 Å². The molecule has 0 radical (unpaired) electrons. The third kappa shape index (κ3) is 4.32. The van der Waals surface area contributed by atoms with E-state index in [0.717, 1.165) is 24.2 Å². The van der Waals surface area contributed by atoms with Crippen LogP contribution in [0.1, 0.15) is 65.2 Å². The van der Waals surface area contributed by atoms with E-state index in [9.17, 15) is 39.9 Å². The van der Waals surface area contributed by atoms with Gasteiger partial charge in [-0.05, 0) is 74.2 Å². The molecule has 3 saturated carbocycles. The predicted octanol–water partition coefficient (Wildman–Crippen LogP) is 0.631. The predicted molar refractivity (Wildman–Crippen MR) is 137 cm³/mol. The summed E-state index contributed by atoms with van der Waals surface area (Å²) in [6, 6.07) is -1.07. The zero-order valence-electron chi connectivity index (χ0n) is 22.6. The van der Waals surface area contributed by atoms with E-state index in [4.69, 9.17) is 4.84 Å². The monoisotopic (exact) mass is 548 g/mol. The molecule has 1 aliphatic heterocycles. The Hall–Kier alpha value is -2.34. The second-order valence-corrected chi connectivity index (χ2v) is 12.7. The number of carboxylic acids is 1. The number of hydrogen-bond acceptors (Lipinski definition) is 9. The number of β-amino-alcohol motifs (C(OH)–C–C–N with tert-alkyl or cyclic N) is 1. The van der Waals surface area contributed by atoms with Crippen LogP contribution in [0.15, 0.2) is 16.8 Å². The Morgan fingerprint density at radius 2 is 1.90 bits per heavy atom. The molecule has 0 aromatic heterocycles. The van der Waals surface area contributed by atoms with Crippen LogP contribution >= 0.6 is 0 Å². The molecule has 5 N–H and O–H groups in total. The maximum Gasteiger partial charge on any atom is 0.326 e. The summed E-state index contributed by atoms with van der Waals surface area (Å²) in [5.41, 5.74) is -0.824. The van der Waals surface area contributed by atoms with Crippen molar-refractivity contribution < 1.29 is 44.8 Å². The number of aliphatic hydroxyl groups excluding tert-OH is 3. The molecule has 5 rings (SSSR count). The van der Waals surface area contributed by atoms with Gasteiger partial charge in [0.05, 0.1) is 17.9 Å². The fourth-order valence-corrected chi connectivity index (χ4v) is 8.94. The summed E-state index contributed by atoms with van der Waals surface area (Å²) in [5.74, 6) is -2.06. The highest BCUT2D eigenvalue weighted by Gasteiger charge is 2.68. The van der Waals surface area contributed by atoms with Gasteiger partial charge >= 0.3 is 5.97 Å². The molecule has 216 valence electrons. The lowest BCUT2D eigenvalue weighted by Gasteiger charge is -2.60. The SMILES string of the molecule is C[C@]12CC/C(=N\OCC(=O)N3C[C@@H](O)C[C@H]3C(=O)O)C=C1CC[C@@H]1[C@@H]2[C@H](O)C[C@@]2(C)[C@@H]1CC[C@]2(O)C(=O)CO. The molecule has 0 bridgehead atoms. The zero-order valence-corrected chi connectivity index (χ0v) is 22.6. The summed E-state index contributed by atoms with van der Waals surface area (Å²) in [5, 5.41) is 55.6. The van der Waals surface area contributed by atoms with Crippen LogP contribution in [0.25, 0.3) is 0 Å². The Morgan fingerprint density at radius 3 is 2.59 bits per heavy atom. The molecule has 0 aromatic carbocycles. The van der Waals surface area contributed by atoms with Crippen LogP contribution in [0.3, 0.4) is 0 Å². The average Bonchev–Trinajstić information content (AvgIpc) is 3.41. The van der Waals surface area contributed by atoms with Gasteiger partial charge in [-0.15, -0.1) is 0 Å². The largest absolute Gasteiger partial charge is 0.480 e.